The van der Waals surface area contributed by atoms with E-state index in [1.54, 1.807) is 4.90 Å². The number of aromatic amines is 1. The maximum Gasteiger partial charge on any atom is 0.356 e. The van der Waals surface area contributed by atoms with Gasteiger partial charge in [0.15, 0.2) is 6.61 Å². The van der Waals surface area contributed by atoms with Crippen molar-refractivity contribution < 1.29 is 14.3 Å². The highest BCUT2D eigenvalue weighted by atomic mass is 35.5. The number of para-hydroxylation sites is 1. The summed E-state index contributed by atoms with van der Waals surface area (Å²) in [5, 5.41) is 1.09. The molecule has 0 saturated carbocycles. The van der Waals surface area contributed by atoms with Crippen LogP contribution < -0.4 is 0 Å². The fourth-order valence-corrected chi connectivity index (χ4v) is 3.15. The van der Waals surface area contributed by atoms with Crippen LogP contribution in [0.3, 0.4) is 0 Å². The van der Waals surface area contributed by atoms with Crippen molar-refractivity contribution in [1.29, 1.82) is 0 Å². The molecule has 1 aliphatic heterocycles. The Balaban J connectivity index is 1.64. The zero-order valence-corrected chi connectivity index (χ0v) is 13.6. The molecule has 122 valence electrons. The van der Waals surface area contributed by atoms with E-state index < -0.39 is 5.97 Å². The predicted octanol–water partition coefficient (Wildman–Crippen LogP) is 3.38. The maximum atomic E-state index is 12.2. The highest BCUT2D eigenvalue weighted by molar-refractivity contribution is 6.38. The first kappa shape index (κ1) is 15.9. The fourth-order valence-electron chi connectivity index (χ4n) is 2.86. The summed E-state index contributed by atoms with van der Waals surface area (Å²) in [6, 6.07) is 7.36. The summed E-state index contributed by atoms with van der Waals surface area (Å²) in [6.45, 7) is 1.23. The molecule has 0 unspecified atom stereocenters. The van der Waals surface area contributed by atoms with Gasteiger partial charge in [-0.2, -0.15) is 0 Å². The topological polar surface area (TPSA) is 62.4 Å². The highest BCUT2D eigenvalue weighted by Crippen LogP contribution is 2.27. The largest absolute Gasteiger partial charge is 0.451 e. The molecule has 5 nitrogen and oxygen atoms in total. The summed E-state index contributed by atoms with van der Waals surface area (Å²) in [4.78, 5) is 29.0. The van der Waals surface area contributed by atoms with Gasteiger partial charge in [0.1, 0.15) is 5.69 Å². The minimum Gasteiger partial charge on any atom is -0.451 e. The molecule has 1 fully saturated rings. The molecule has 1 aliphatic rings. The van der Waals surface area contributed by atoms with E-state index in [1.807, 2.05) is 24.3 Å². The minimum absolute atomic E-state index is 0.146. The average Bonchev–Trinajstić information content (AvgIpc) is 2.76. The normalized spacial score (nSPS) is 15.4. The first-order valence-electron chi connectivity index (χ1n) is 7.88. The summed E-state index contributed by atoms with van der Waals surface area (Å²) < 4.78 is 5.15. The highest BCUT2D eigenvalue weighted by Gasteiger charge is 2.21. The van der Waals surface area contributed by atoms with Crippen molar-refractivity contribution in [3.8, 4) is 0 Å². The monoisotopic (exact) mass is 334 g/mol. The predicted molar refractivity (Wildman–Crippen MR) is 88.6 cm³/mol. The first-order chi connectivity index (χ1) is 11.2. The van der Waals surface area contributed by atoms with E-state index in [-0.39, 0.29) is 18.2 Å². The number of fused-ring (bicyclic) bond motifs is 1. The van der Waals surface area contributed by atoms with E-state index in [0.29, 0.717) is 5.02 Å². The molecule has 1 amide bonds. The van der Waals surface area contributed by atoms with Crippen molar-refractivity contribution in [1.82, 2.24) is 9.88 Å². The number of benzene rings is 1. The number of hydrogen-bond donors (Lipinski definition) is 1. The van der Waals surface area contributed by atoms with Gasteiger partial charge in [-0.05, 0) is 18.9 Å². The molecular formula is C17H19ClN2O3. The first-order valence-corrected chi connectivity index (χ1v) is 8.25. The van der Waals surface area contributed by atoms with Crippen LogP contribution in [-0.2, 0) is 9.53 Å². The quantitative estimate of drug-likeness (QED) is 0.875. The smallest absolute Gasteiger partial charge is 0.356 e. The van der Waals surface area contributed by atoms with Crippen LogP contribution in [0.25, 0.3) is 10.9 Å². The number of aromatic nitrogens is 1. The Morgan fingerprint density at radius 2 is 1.83 bits per heavy atom. The number of amides is 1. The van der Waals surface area contributed by atoms with Crippen molar-refractivity contribution >= 4 is 34.4 Å². The number of nitrogens with one attached hydrogen (secondary N) is 1. The van der Waals surface area contributed by atoms with Crippen LogP contribution in [0.5, 0.6) is 0 Å². The average molecular weight is 335 g/mol. The van der Waals surface area contributed by atoms with E-state index in [1.165, 1.54) is 0 Å². The Morgan fingerprint density at radius 1 is 1.13 bits per heavy atom. The molecular weight excluding hydrogens is 316 g/mol. The van der Waals surface area contributed by atoms with E-state index in [9.17, 15) is 9.59 Å². The lowest BCUT2D eigenvalue weighted by Crippen LogP contribution is -2.35. The van der Waals surface area contributed by atoms with Gasteiger partial charge >= 0.3 is 5.97 Å². The van der Waals surface area contributed by atoms with Crippen LogP contribution in [0.15, 0.2) is 24.3 Å². The molecule has 0 aliphatic carbocycles. The van der Waals surface area contributed by atoms with Gasteiger partial charge < -0.3 is 14.6 Å². The number of ether oxygens (including phenoxy) is 1. The summed E-state index contributed by atoms with van der Waals surface area (Å²) in [5.74, 6) is -0.748. The molecule has 2 aromatic rings. The van der Waals surface area contributed by atoms with Gasteiger partial charge in [0.25, 0.3) is 5.91 Å². The number of halogens is 1. The Labute approximate surface area is 139 Å². The van der Waals surface area contributed by atoms with Crippen LogP contribution in [-0.4, -0.2) is 41.5 Å². The van der Waals surface area contributed by atoms with Crippen molar-refractivity contribution in [3.05, 3.63) is 35.0 Å². The Kier molecular flexibility index (Phi) is 4.86. The van der Waals surface area contributed by atoms with E-state index in [0.717, 1.165) is 49.7 Å². The van der Waals surface area contributed by atoms with Crippen molar-refractivity contribution in [2.24, 2.45) is 0 Å². The second-order valence-electron chi connectivity index (χ2n) is 5.73. The second-order valence-corrected chi connectivity index (χ2v) is 6.11. The third-order valence-electron chi connectivity index (χ3n) is 4.13. The van der Waals surface area contributed by atoms with Crippen molar-refractivity contribution in [2.45, 2.75) is 25.7 Å². The van der Waals surface area contributed by atoms with Gasteiger partial charge in [0.05, 0.1) is 5.02 Å². The van der Waals surface area contributed by atoms with Gasteiger partial charge in [0, 0.05) is 24.0 Å². The number of esters is 1. The summed E-state index contributed by atoms with van der Waals surface area (Å²) >= 11 is 6.21. The number of rotatable bonds is 3. The van der Waals surface area contributed by atoms with E-state index >= 15 is 0 Å². The third kappa shape index (κ3) is 3.50. The number of nitrogens with zero attached hydrogens (tertiary/aromatic N) is 1. The van der Waals surface area contributed by atoms with Crippen LogP contribution in [0, 0.1) is 0 Å². The molecule has 1 aromatic carbocycles. The van der Waals surface area contributed by atoms with E-state index in [2.05, 4.69) is 4.98 Å². The van der Waals surface area contributed by atoms with Gasteiger partial charge in [-0.3, -0.25) is 4.79 Å². The molecule has 23 heavy (non-hydrogen) atoms. The molecule has 0 bridgehead atoms. The number of carbonyl (C=O) groups excluding carboxylic acids is 2. The molecule has 3 rings (SSSR count). The minimum atomic E-state index is -0.602. The molecule has 1 N–H and O–H groups in total. The van der Waals surface area contributed by atoms with Gasteiger partial charge in [-0.25, -0.2) is 4.79 Å². The summed E-state index contributed by atoms with van der Waals surface area (Å²) in [7, 11) is 0. The Bertz CT molecular complexity index is 718. The fraction of sp³-hybridized carbons (Fsp3) is 0.412. The maximum absolute atomic E-state index is 12.2. The van der Waals surface area contributed by atoms with Crippen LogP contribution in [0.1, 0.15) is 36.2 Å². The second kappa shape index (κ2) is 7.04. The number of hydrogen-bond acceptors (Lipinski definition) is 3. The van der Waals surface area contributed by atoms with Crippen molar-refractivity contribution in [3.63, 3.8) is 0 Å². The van der Waals surface area contributed by atoms with Gasteiger partial charge in [-0.1, -0.05) is 42.6 Å². The lowest BCUT2D eigenvalue weighted by Gasteiger charge is -2.19. The SMILES string of the molecule is O=C(OCC(=O)N1CCCCCC1)c1[nH]c2ccccc2c1Cl. The zero-order chi connectivity index (χ0) is 16.2. The zero-order valence-electron chi connectivity index (χ0n) is 12.8. The number of carbonyl (C=O) groups is 2. The lowest BCUT2D eigenvalue weighted by molar-refractivity contribution is -0.134. The van der Waals surface area contributed by atoms with Crippen LogP contribution >= 0.6 is 11.6 Å². The number of H-pyrrole nitrogens is 1. The molecule has 0 radical (unpaired) electrons. The van der Waals surface area contributed by atoms with Crippen molar-refractivity contribution in [2.75, 3.05) is 19.7 Å². The summed E-state index contributed by atoms with van der Waals surface area (Å²) in [5.41, 5.74) is 0.958. The van der Waals surface area contributed by atoms with Crippen LogP contribution in [0.2, 0.25) is 5.02 Å². The molecule has 1 aromatic heterocycles. The standard InChI is InChI=1S/C17H19ClN2O3/c18-15-12-7-3-4-8-13(12)19-16(15)17(22)23-11-14(21)20-9-5-1-2-6-10-20/h3-4,7-8,19H,1-2,5-6,9-11H2. The molecule has 6 heteroatoms. The van der Waals surface area contributed by atoms with Gasteiger partial charge in [0.2, 0.25) is 0 Å². The van der Waals surface area contributed by atoms with E-state index in [4.69, 9.17) is 16.3 Å². The third-order valence-corrected chi connectivity index (χ3v) is 4.52. The Morgan fingerprint density at radius 3 is 2.52 bits per heavy atom. The summed E-state index contributed by atoms with van der Waals surface area (Å²) in [6.07, 6.45) is 4.31. The van der Waals surface area contributed by atoms with Gasteiger partial charge in [-0.15, -0.1) is 0 Å². The molecule has 0 atom stereocenters. The Hall–Kier alpha value is -2.01. The van der Waals surface area contributed by atoms with Crippen LogP contribution in [0.4, 0.5) is 0 Å². The molecule has 2 heterocycles. The lowest BCUT2D eigenvalue weighted by atomic mass is 10.2. The molecule has 0 spiro atoms. The molecule has 1 saturated heterocycles. The number of likely N-dealkylation sites (tertiary alicyclic amines) is 1.